The number of phosphoric ester groups is 1. The molecule has 0 heterocycles. The van der Waals surface area contributed by atoms with E-state index in [0.717, 1.165) is 135 Å². The Balaban J connectivity index is 4.27. The number of hydrogen-bond acceptors (Lipinski definition) is 5. The summed E-state index contributed by atoms with van der Waals surface area (Å²) in [4.78, 5) is 23.4. The molecule has 0 aromatic heterocycles. The SMILES string of the molecule is CC/C=C\C/C=C\C/C=C\C/C=C\C/C=C\C/C=C\C/C=C\C/C=C\C/C=C\C/C=C\C/C=C\C/C=C\CCCCCCC(=O)NC(COP(=O)(O)OCC[N+](C)(C)C)C(O)/C=C/CC/C=C/CC/C=C/CCCCCCCCCCCCCCCCC. The lowest BCUT2D eigenvalue weighted by Gasteiger charge is -2.25. The van der Waals surface area contributed by atoms with Gasteiger partial charge in [0, 0.05) is 6.42 Å². The first-order valence-corrected chi connectivity index (χ1v) is 36.7. The van der Waals surface area contributed by atoms with E-state index in [1.165, 1.54) is 103 Å². The van der Waals surface area contributed by atoms with Crippen LogP contribution in [0.5, 0.6) is 0 Å². The number of carbonyl (C=O) groups is 1. The number of nitrogens with one attached hydrogen (secondary N) is 1. The summed E-state index contributed by atoms with van der Waals surface area (Å²) in [5, 5.41) is 13.9. The Morgan fingerprint density at radius 2 is 0.693 bits per heavy atom. The van der Waals surface area contributed by atoms with Crippen LogP contribution in [-0.2, 0) is 18.4 Å². The van der Waals surface area contributed by atoms with Crippen molar-refractivity contribution < 1.29 is 32.9 Å². The Labute approximate surface area is 542 Å². The molecule has 3 N–H and O–H groups in total. The molecule has 0 aliphatic carbocycles. The minimum atomic E-state index is -4.39. The maximum absolute atomic E-state index is 13.0. The van der Waals surface area contributed by atoms with Crippen molar-refractivity contribution in [3.8, 4) is 0 Å². The number of aliphatic hydroxyl groups excluding tert-OH is 1. The molecule has 0 bridgehead atoms. The fourth-order valence-electron chi connectivity index (χ4n) is 9.17. The number of rotatable bonds is 62. The van der Waals surface area contributed by atoms with E-state index in [9.17, 15) is 19.4 Å². The quantitative estimate of drug-likeness (QED) is 0.0243. The van der Waals surface area contributed by atoms with Gasteiger partial charge in [-0.05, 0) is 135 Å². The van der Waals surface area contributed by atoms with Crippen molar-refractivity contribution in [3.05, 3.63) is 182 Å². The minimum Gasteiger partial charge on any atom is -0.387 e. The Morgan fingerprint density at radius 3 is 1.05 bits per heavy atom. The molecule has 0 saturated carbocycles. The first-order valence-electron chi connectivity index (χ1n) is 35.2. The van der Waals surface area contributed by atoms with Gasteiger partial charge in [0.25, 0.3) is 0 Å². The lowest BCUT2D eigenvalue weighted by molar-refractivity contribution is -0.870. The number of likely N-dealkylation sites (N-methyl/N-ethyl adjacent to an activating group) is 1. The zero-order valence-electron chi connectivity index (χ0n) is 56.9. The average molecular weight is 1240 g/mol. The second-order valence-corrected chi connectivity index (χ2v) is 25.6. The van der Waals surface area contributed by atoms with Crippen LogP contribution < -0.4 is 5.32 Å². The highest BCUT2D eigenvalue weighted by Gasteiger charge is 2.27. The highest BCUT2D eigenvalue weighted by Crippen LogP contribution is 2.43. The average Bonchev–Trinajstić information content (AvgIpc) is 3.71. The third-order valence-corrected chi connectivity index (χ3v) is 15.6. The molecule has 0 rings (SSSR count). The highest BCUT2D eigenvalue weighted by molar-refractivity contribution is 7.47. The first kappa shape index (κ1) is 83.6. The highest BCUT2D eigenvalue weighted by atomic mass is 31.2. The number of aliphatic hydroxyl groups is 1. The van der Waals surface area contributed by atoms with Gasteiger partial charge in [-0.25, -0.2) is 4.57 Å². The van der Waals surface area contributed by atoms with Crippen LogP contribution in [-0.4, -0.2) is 73.4 Å². The van der Waals surface area contributed by atoms with E-state index in [1.807, 2.05) is 27.2 Å². The second kappa shape index (κ2) is 67.0. The Bertz CT molecular complexity index is 2090. The third-order valence-electron chi connectivity index (χ3n) is 14.6. The van der Waals surface area contributed by atoms with Gasteiger partial charge in [-0.15, -0.1) is 0 Å². The molecule has 3 atom stereocenters. The fourth-order valence-corrected chi connectivity index (χ4v) is 9.91. The second-order valence-electron chi connectivity index (χ2n) is 24.2. The molecule has 0 spiro atoms. The summed E-state index contributed by atoms with van der Waals surface area (Å²) in [5.41, 5.74) is 0. The van der Waals surface area contributed by atoms with Crippen LogP contribution in [0.1, 0.15) is 258 Å². The summed E-state index contributed by atoms with van der Waals surface area (Å²) in [7, 11) is 1.50. The summed E-state index contributed by atoms with van der Waals surface area (Å²) in [6.45, 7) is 4.65. The monoisotopic (exact) mass is 1240 g/mol. The summed E-state index contributed by atoms with van der Waals surface area (Å²) < 4.78 is 23.8. The topological polar surface area (TPSA) is 105 Å². The molecule has 0 aliphatic heterocycles. The molecular formula is C79H132N2O6P+. The Kier molecular flexibility index (Phi) is 63.7. The van der Waals surface area contributed by atoms with Crippen molar-refractivity contribution in [1.29, 1.82) is 0 Å². The minimum absolute atomic E-state index is 0.0384. The van der Waals surface area contributed by atoms with Crippen molar-refractivity contribution in [3.63, 3.8) is 0 Å². The molecule has 88 heavy (non-hydrogen) atoms. The maximum atomic E-state index is 13.0. The van der Waals surface area contributed by atoms with Gasteiger partial charge in [0.15, 0.2) is 0 Å². The van der Waals surface area contributed by atoms with Gasteiger partial charge in [0.1, 0.15) is 13.2 Å². The van der Waals surface area contributed by atoms with Gasteiger partial charge < -0.3 is 19.8 Å². The van der Waals surface area contributed by atoms with Crippen LogP contribution in [0, 0.1) is 0 Å². The number of allylic oxidation sites excluding steroid dienone is 29. The molecule has 8 nitrogen and oxygen atoms in total. The summed E-state index contributed by atoms with van der Waals surface area (Å²) in [5.74, 6) is -0.222. The molecule has 498 valence electrons. The van der Waals surface area contributed by atoms with Gasteiger partial charge in [-0.3, -0.25) is 13.8 Å². The van der Waals surface area contributed by atoms with E-state index in [-0.39, 0.29) is 19.1 Å². The largest absolute Gasteiger partial charge is 0.472 e. The molecule has 3 unspecified atom stereocenters. The molecule has 0 radical (unpaired) electrons. The van der Waals surface area contributed by atoms with Gasteiger partial charge in [0.2, 0.25) is 5.91 Å². The summed E-state index contributed by atoms with van der Waals surface area (Å²) >= 11 is 0. The molecule has 0 saturated heterocycles. The number of carbonyl (C=O) groups excluding carboxylic acids is 1. The molecule has 0 aliphatic rings. The van der Waals surface area contributed by atoms with Crippen molar-refractivity contribution in [2.45, 2.75) is 270 Å². The molecule has 0 fully saturated rings. The lowest BCUT2D eigenvalue weighted by Crippen LogP contribution is -2.45. The van der Waals surface area contributed by atoms with E-state index in [2.05, 4.69) is 189 Å². The standard InChI is InChI=1S/C79H131N2O6P/c1-6-8-10-12-14-16-18-20-22-24-26-28-30-32-33-34-35-36-37-38-39-40-41-42-43-44-45-46-47-49-51-53-55-57-59-61-63-65-67-69-71-73-79(83)80-77(76-87-88(84,85)86-75-74-81(3,4)5)78(82)72-70-68-66-64-62-60-58-56-54-52-50-48-31-29-27-25-23-21-19-17-15-13-11-9-7-2/h8,10,14,16,20,22,26,28,32-33,35-36,38-39,41-42,44-45,47,49,53-56,59,61-62,64,70,72,77-78,82H,6-7,9,11-13,15,17-19,21,23-25,27,29-31,34,37,40,43,46,48,50-52,57-58,60,63,65-69,71,73-76H2,1-5H3,(H-,80,83,84,85)/p+1/b10-8-,16-14-,22-20-,28-26-,33-32-,36-35-,39-38-,42-41-,45-44-,49-47-,55-53-,56-54+,61-59-,64-62+,72-70+. The van der Waals surface area contributed by atoms with Crippen LogP contribution in [0.3, 0.4) is 0 Å². The smallest absolute Gasteiger partial charge is 0.387 e. The summed E-state index contributed by atoms with van der Waals surface area (Å²) in [6.07, 6.45) is 108. The van der Waals surface area contributed by atoms with E-state index < -0.39 is 20.0 Å². The normalized spacial score (nSPS) is 14.8. The number of nitrogens with zero attached hydrogens (tertiary/aromatic N) is 1. The summed E-state index contributed by atoms with van der Waals surface area (Å²) in [6, 6.07) is -0.899. The molecular weight excluding hydrogens is 1100 g/mol. The molecule has 1 amide bonds. The van der Waals surface area contributed by atoms with E-state index in [4.69, 9.17) is 9.05 Å². The number of phosphoric acid groups is 1. The van der Waals surface area contributed by atoms with Crippen LogP contribution in [0.25, 0.3) is 0 Å². The van der Waals surface area contributed by atoms with Gasteiger partial charge in [-0.1, -0.05) is 299 Å². The Morgan fingerprint density at radius 1 is 0.398 bits per heavy atom. The molecule has 9 heteroatoms. The van der Waals surface area contributed by atoms with E-state index in [1.54, 1.807) is 6.08 Å². The number of amides is 1. The maximum Gasteiger partial charge on any atom is 0.472 e. The van der Waals surface area contributed by atoms with Crippen molar-refractivity contribution >= 4 is 13.7 Å². The lowest BCUT2D eigenvalue weighted by atomic mass is 10.0. The predicted molar refractivity (Wildman–Crippen MR) is 386 cm³/mol. The third kappa shape index (κ3) is 69.1. The zero-order valence-corrected chi connectivity index (χ0v) is 57.8. The van der Waals surface area contributed by atoms with Gasteiger partial charge in [-0.2, -0.15) is 0 Å². The van der Waals surface area contributed by atoms with E-state index >= 15 is 0 Å². The van der Waals surface area contributed by atoms with Gasteiger partial charge in [0.05, 0.1) is 39.9 Å². The molecule has 0 aromatic carbocycles. The van der Waals surface area contributed by atoms with Crippen molar-refractivity contribution in [2.75, 3.05) is 40.9 Å². The number of hydrogen-bond donors (Lipinski definition) is 3. The van der Waals surface area contributed by atoms with E-state index in [0.29, 0.717) is 17.4 Å². The number of unbranched alkanes of at least 4 members (excludes halogenated alkanes) is 21. The Hall–Kier alpha value is -4.40. The zero-order chi connectivity index (χ0) is 64.1. The van der Waals surface area contributed by atoms with Crippen molar-refractivity contribution in [2.24, 2.45) is 0 Å². The van der Waals surface area contributed by atoms with Crippen LogP contribution >= 0.6 is 7.82 Å². The van der Waals surface area contributed by atoms with Crippen molar-refractivity contribution in [1.82, 2.24) is 5.32 Å². The van der Waals surface area contributed by atoms with Crippen LogP contribution in [0.4, 0.5) is 0 Å². The number of quaternary nitrogens is 1. The molecule has 0 aromatic rings. The van der Waals surface area contributed by atoms with Crippen LogP contribution in [0.15, 0.2) is 182 Å². The first-order chi connectivity index (χ1) is 43.0. The predicted octanol–water partition coefficient (Wildman–Crippen LogP) is 22.9. The van der Waals surface area contributed by atoms with Gasteiger partial charge >= 0.3 is 7.82 Å². The fraction of sp³-hybridized carbons (Fsp3) is 0.608. The van der Waals surface area contributed by atoms with Crippen LogP contribution in [0.2, 0.25) is 0 Å².